The second-order valence-electron chi connectivity index (χ2n) is 8.21. The van der Waals surface area contributed by atoms with E-state index < -0.39 is 0 Å². The first-order valence-corrected chi connectivity index (χ1v) is 10.3. The number of nitrogens with zero attached hydrogens (tertiary/aromatic N) is 2. The van der Waals surface area contributed by atoms with Crippen LogP contribution >= 0.6 is 0 Å². The van der Waals surface area contributed by atoms with E-state index in [0.717, 1.165) is 32.1 Å². The number of imide groups is 1. The number of carbonyl (C=O) groups excluding carboxylic acids is 4. The average Bonchev–Trinajstić information content (AvgIpc) is 2.98. The minimum atomic E-state index is -0.267. The van der Waals surface area contributed by atoms with Crippen molar-refractivity contribution in [2.75, 3.05) is 13.1 Å². The van der Waals surface area contributed by atoms with Gasteiger partial charge < -0.3 is 4.90 Å². The Labute approximate surface area is 164 Å². The summed E-state index contributed by atoms with van der Waals surface area (Å²) in [5.41, 5.74) is 1.19. The number of amides is 3. The van der Waals surface area contributed by atoms with E-state index in [0.29, 0.717) is 42.6 Å². The molecule has 2 heterocycles. The van der Waals surface area contributed by atoms with Gasteiger partial charge in [0.25, 0.3) is 17.7 Å². The molecule has 0 atom stereocenters. The third-order valence-corrected chi connectivity index (χ3v) is 6.46. The first-order valence-electron chi connectivity index (χ1n) is 10.3. The van der Waals surface area contributed by atoms with Gasteiger partial charge in [-0.3, -0.25) is 24.1 Å². The Hall–Kier alpha value is -2.50. The van der Waals surface area contributed by atoms with Crippen LogP contribution in [-0.4, -0.2) is 52.4 Å². The summed E-state index contributed by atoms with van der Waals surface area (Å²) in [6, 6.07) is 4.82. The lowest BCUT2D eigenvalue weighted by atomic mass is 9.93. The molecule has 3 amide bonds. The van der Waals surface area contributed by atoms with Gasteiger partial charge in [-0.05, 0) is 50.8 Å². The molecule has 1 aliphatic carbocycles. The van der Waals surface area contributed by atoms with Crippen LogP contribution in [0.25, 0.3) is 0 Å². The van der Waals surface area contributed by atoms with Crippen LogP contribution in [0.4, 0.5) is 0 Å². The molecule has 148 valence electrons. The maximum Gasteiger partial charge on any atom is 0.261 e. The Balaban J connectivity index is 1.52. The van der Waals surface area contributed by atoms with E-state index in [-0.39, 0.29) is 35.5 Å². The molecule has 0 radical (unpaired) electrons. The first-order chi connectivity index (χ1) is 13.5. The minimum Gasteiger partial charge on any atom is -0.339 e. The zero-order valence-corrected chi connectivity index (χ0v) is 16.3. The number of ketones is 1. The molecule has 2 fully saturated rings. The lowest BCUT2D eigenvalue weighted by Gasteiger charge is -2.31. The largest absolute Gasteiger partial charge is 0.339 e. The van der Waals surface area contributed by atoms with Gasteiger partial charge >= 0.3 is 0 Å². The summed E-state index contributed by atoms with van der Waals surface area (Å²) in [5, 5.41) is 0. The molecule has 1 aromatic carbocycles. The monoisotopic (exact) mass is 382 g/mol. The molecule has 0 N–H and O–H groups in total. The van der Waals surface area contributed by atoms with Gasteiger partial charge in [-0.25, -0.2) is 0 Å². The van der Waals surface area contributed by atoms with Gasteiger partial charge in [-0.15, -0.1) is 0 Å². The van der Waals surface area contributed by atoms with Crippen molar-refractivity contribution in [3.05, 3.63) is 34.9 Å². The molecule has 0 spiro atoms. The summed E-state index contributed by atoms with van der Waals surface area (Å²) >= 11 is 0. The zero-order chi connectivity index (χ0) is 19.8. The Morgan fingerprint density at radius 3 is 2.18 bits per heavy atom. The van der Waals surface area contributed by atoms with Gasteiger partial charge in [-0.2, -0.15) is 0 Å². The minimum absolute atomic E-state index is 0.0223. The molecule has 3 aliphatic rings. The molecule has 6 heteroatoms. The van der Waals surface area contributed by atoms with Crippen LogP contribution in [-0.2, 0) is 4.79 Å². The van der Waals surface area contributed by atoms with E-state index in [2.05, 4.69) is 0 Å². The fraction of sp³-hybridized carbons (Fsp3) is 0.545. The predicted octanol–water partition coefficient (Wildman–Crippen LogP) is 3.06. The number of fused-ring (bicyclic) bond motifs is 1. The lowest BCUT2D eigenvalue weighted by Crippen LogP contribution is -2.41. The summed E-state index contributed by atoms with van der Waals surface area (Å²) in [6.07, 6.45) is 6.32. The number of likely N-dealkylation sites (tertiary alicyclic amines) is 1. The highest BCUT2D eigenvalue weighted by Gasteiger charge is 2.40. The van der Waals surface area contributed by atoms with Crippen molar-refractivity contribution in [3.8, 4) is 0 Å². The quantitative estimate of drug-likeness (QED) is 0.753. The highest BCUT2D eigenvalue weighted by atomic mass is 16.2. The van der Waals surface area contributed by atoms with Crippen LogP contribution in [0.1, 0.15) is 82.9 Å². The Morgan fingerprint density at radius 1 is 0.893 bits per heavy atom. The van der Waals surface area contributed by atoms with Gasteiger partial charge in [0, 0.05) is 30.6 Å². The molecule has 1 aromatic rings. The molecule has 1 saturated heterocycles. The van der Waals surface area contributed by atoms with Crippen LogP contribution in [0.5, 0.6) is 0 Å². The fourth-order valence-corrected chi connectivity index (χ4v) is 4.74. The maximum absolute atomic E-state index is 12.9. The summed E-state index contributed by atoms with van der Waals surface area (Å²) < 4.78 is 0. The van der Waals surface area contributed by atoms with E-state index in [4.69, 9.17) is 0 Å². The third-order valence-electron chi connectivity index (χ3n) is 6.46. The van der Waals surface area contributed by atoms with E-state index in [1.54, 1.807) is 30.0 Å². The average molecular weight is 382 g/mol. The molecular weight excluding hydrogens is 356 g/mol. The first kappa shape index (κ1) is 18.8. The topological polar surface area (TPSA) is 74.8 Å². The Morgan fingerprint density at radius 2 is 1.54 bits per heavy atom. The molecule has 2 aliphatic heterocycles. The van der Waals surface area contributed by atoms with E-state index in [1.807, 2.05) is 0 Å². The number of hydrogen-bond donors (Lipinski definition) is 0. The number of piperidine rings is 1. The summed E-state index contributed by atoms with van der Waals surface area (Å²) in [6.45, 7) is 2.69. The summed E-state index contributed by atoms with van der Waals surface area (Å²) in [7, 11) is 0. The number of rotatable bonds is 3. The normalized spacial score (nSPS) is 21.2. The number of Topliss-reactive ketones (excluding diaryl/α,β-unsaturated/α-hetero) is 1. The highest BCUT2D eigenvalue weighted by molar-refractivity contribution is 6.22. The standard InChI is InChI=1S/C22H26N2O4/c1-14(25)15-9-11-23(12-10-15)20(26)16-7-8-18-19(13-16)22(28)24(21(18)27)17-5-3-2-4-6-17/h7-8,13,15,17H,2-6,9-12H2,1H3. The van der Waals surface area contributed by atoms with Crippen molar-refractivity contribution in [1.29, 1.82) is 0 Å². The van der Waals surface area contributed by atoms with Crippen molar-refractivity contribution in [2.45, 2.75) is 57.9 Å². The SMILES string of the molecule is CC(=O)C1CCN(C(=O)c2ccc3c(c2)C(=O)N(C2CCCCC2)C3=O)CC1. The van der Waals surface area contributed by atoms with Crippen molar-refractivity contribution in [1.82, 2.24) is 9.80 Å². The third kappa shape index (κ3) is 3.25. The fourth-order valence-electron chi connectivity index (χ4n) is 4.74. The van der Waals surface area contributed by atoms with Gasteiger partial charge in [0.2, 0.25) is 0 Å². The second-order valence-corrected chi connectivity index (χ2v) is 8.21. The predicted molar refractivity (Wildman–Crippen MR) is 103 cm³/mol. The van der Waals surface area contributed by atoms with Crippen molar-refractivity contribution in [2.24, 2.45) is 5.92 Å². The van der Waals surface area contributed by atoms with E-state index >= 15 is 0 Å². The summed E-state index contributed by atoms with van der Waals surface area (Å²) in [4.78, 5) is 53.2. The molecule has 4 rings (SSSR count). The van der Waals surface area contributed by atoms with Crippen LogP contribution < -0.4 is 0 Å². The van der Waals surface area contributed by atoms with Crippen molar-refractivity contribution in [3.63, 3.8) is 0 Å². The molecule has 0 aromatic heterocycles. The van der Waals surface area contributed by atoms with E-state index in [1.165, 1.54) is 4.90 Å². The smallest absolute Gasteiger partial charge is 0.261 e. The Bertz CT molecular complexity index is 833. The van der Waals surface area contributed by atoms with Gasteiger partial charge in [0.05, 0.1) is 11.1 Å². The Kier molecular flexibility index (Phi) is 5.04. The molecular formula is C22H26N2O4. The molecule has 6 nitrogen and oxygen atoms in total. The van der Waals surface area contributed by atoms with Crippen LogP contribution in [0.3, 0.4) is 0 Å². The molecule has 28 heavy (non-hydrogen) atoms. The van der Waals surface area contributed by atoms with Crippen molar-refractivity contribution < 1.29 is 19.2 Å². The lowest BCUT2D eigenvalue weighted by molar-refractivity contribution is -0.121. The second kappa shape index (κ2) is 7.49. The maximum atomic E-state index is 12.9. The van der Waals surface area contributed by atoms with Gasteiger partial charge in [0.1, 0.15) is 5.78 Å². The molecule has 0 unspecified atom stereocenters. The van der Waals surface area contributed by atoms with Crippen LogP contribution in [0.15, 0.2) is 18.2 Å². The van der Waals surface area contributed by atoms with Crippen LogP contribution in [0.2, 0.25) is 0 Å². The number of carbonyl (C=O) groups is 4. The molecule has 1 saturated carbocycles. The van der Waals surface area contributed by atoms with E-state index in [9.17, 15) is 19.2 Å². The molecule has 0 bridgehead atoms. The van der Waals surface area contributed by atoms with Gasteiger partial charge in [-0.1, -0.05) is 19.3 Å². The highest BCUT2D eigenvalue weighted by Crippen LogP contribution is 2.32. The number of benzene rings is 1. The van der Waals surface area contributed by atoms with Crippen LogP contribution in [0, 0.1) is 5.92 Å². The van der Waals surface area contributed by atoms with Crippen molar-refractivity contribution >= 4 is 23.5 Å². The van der Waals surface area contributed by atoms with Gasteiger partial charge in [0.15, 0.2) is 0 Å². The summed E-state index contributed by atoms with van der Waals surface area (Å²) in [5.74, 6) is -0.421. The zero-order valence-electron chi connectivity index (χ0n) is 16.3. The number of hydrogen-bond acceptors (Lipinski definition) is 4.